The molecule has 2 heteroatoms. The van der Waals surface area contributed by atoms with E-state index in [1.54, 1.807) is 12.4 Å². The summed E-state index contributed by atoms with van der Waals surface area (Å²) >= 11 is 0. The largest absolute Gasteiger partial charge is 0.254 e. The molecule has 0 spiro atoms. The summed E-state index contributed by atoms with van der Waals surface area (Å²) in [6, 6.07) is 29.4. The first kappa shape index (κ1) is 15.7. The van der Waals surface area contributed by atoms with E-state index in [2.05, 4.69) is 82.8 Å². The van der Waals surface area contributed by atoms with Crippen molar-refractivity contribution in [3.63, 3.8) is 0 Å². The van der Waals surface area contributed by atoms with Crippen molar-refractivity contribution in [1.29, 1.82) is 0 Å². The van der Waals surface area contributed by atoms with E-state index in [0.717, 1.165) is 28.2 Å². The summed E-state index contributed by atoms with van der Waals surface area (Å²) in [6.45, 7) is 0. The van der Waals surface area contributed by atoms with Crippen molar-refractivity contribution in [3.8, 4) is 11.1 Å². The number of benzene rings is 3. The first-order valence-electron chi connectivity index (χ1n) is 9.15. The molecule has 128 valence electrons. The highest BCUT2D eigenvalue weighted by molar-refractivity contribution is 6.02. The van der Waals surface area contributed by atoms with Crippen LogP contribution in [0.5, 0.6) is 0 Å². The molecule has 1 aliphatic carbocycles. The van der Waals surface area contributed by atoms with Gasteiger partial charge in [0, 0.05) is 23.2 Å². The third-order valence-corrected chi connectivity index (χ3v) is 5.05. The Morgan fingerprint density at radius 3 is 1.48 bits per heavy atom. The number of rotatable bonds is 0. The molecule has 27 heavy (non-hydrogen) atoms. The average Bonchev–Trinajstić information content (AvgIpc) is 3.13. The molecule has 0 atom stereocenters. The lowest BCUT2D eigenvalue weighted by molar-refractivity contribution is 1.26. The van der Waals surface area contributed by atoms with Crippen LogP contribution in [-0.2, 0) is 6.42 Å². The molecule has 5 aromatic rings. The fourth-order valence-corrected chi connectivity index (χ4v) is 3.76. The van der Waals surface area contributed by atoms with E-state index < -0.39 is 0 Å². The number of hydrogen-bond donors (Lipinski definition) is 0. The quantitative estimate of drug-likeness (QED) is 0.313. The van der Waals surface area contributed by atoms with Gasteiger partial charge in [-0.25, -0.2) is 0 Å². The van der Waals surface area contributed by atoms with Crippen LogP contribution in [0.2, 0.25) is 0 Å². The van der Waals surface area contributed by atoms with Crippen LogP contribution in [-0.4, -0.2) is 9.97 Å². The predicted molar refractivity (Wildman–Crippen MR) is 112 cm³/mol. The fraction of sp³-hybridized carbons (Fsp3) is 0.0400. The highest BCUT2D eigenvalue weighted by atomic mass is 14.7. The number of aromatic nitrogens is 2. The van der Waals surface area contributed by atoms with Crippen molar-refractivity contribution >= 4 is 21.8 Å². The molecule has 0 saturated carbocycles. The number of hydrogen-bond acceptors (Lipinski definition) is 2. The van der Waals surface area contributed by atoms with E-state index in [0.29, 0.717) is 0 Å². The summed E-state index contributed by atoms with van der Waals surface area (Å²) in [6.07, 6.45) is 4.71. The molecule has 2 nitrogen and oxygen atoms in total. The first-order chi connectivity index (χ1) is 13.4. The molecule has 0 N–H and O–H groups in total. The lowest BCUT2D eigenvalue weighted by Gasteiger charge is -2.00. The van der Waals surface area contributed by atoms with Crippen molar-refractivity contribution in [1.82, 2.24) is 9.97 Å². The standard InChI is InChI=1S/C13H10.C12H8N2/c1-3-7-12-10(5-1)9-11-6-2-4-8-13(11)12;1-3-9-5-6-10-4-2-8-14-12(10)11(9)13-7-1/h1-8H,9H2;1-8H. The van der Waals surface area contributed by atoms with Crippen LogP contribution < -0.4 is 0 Å². The van der Waals surface area contributed by atoms with Crippen molar-refractivity contribution in [2.75, 3.05) is 0 Å². The zero-order chi connectivity index (χ0) is 18.1. The summed E-state index contributed by atoms with van der Waals surface area (Å²) in [4.78, 5) is 8.69. The molecule has 6 rings (SSSR count). The van der Waals surface area contributed by atoms with Gasteiger partial charge in [0.05, 0.1) is 11.0 Å². The van der Waals surface area contributed by atoms with Gasteiger partial charge in [-0.2, -0.15) is 0 Å². The smallest absolute Gasteiger partial charge is 0.0964 e. The summed E-state index contributed by atoms with van der Waals surface area (Å²) in [5.41, 5.74) is 7.71. The molecule has 0 amide bonds. The molecular weight excluding hydrogens is 328 g/mol. The van der Waals surface area contributed by atoms with Gasteiger partial charge >= 0.3 is 0 Å². The van der Waals surface area contributed by atoms with Crippen LogP contribution in [0.15, 0.2) is 97.3 Å². The maximum absolute atomic E-state index is 4.35. The Morgan fingerprint density at radius 1 is 0.481 bits per heavy atom. The second-order valence-electron chi connectivity index (χ2n) is 6.71. The Morgan fingerprint density at radius 2 is 0.963 bits per heavy atom. The topological polar surface area (TPSA) is 25.8 Å². The summed E-state index contributed by atoms with van der Waals surface area (Å²) in [7, 11) is 0. The third-order valence-electron chi connectivity index (χ3n) is 5.05. The van der Waals surface area contributed by atoms with Gasteiger partial charge in [0.1, 0.15) is 0 Å². The van der Waals surface area contributed by atoms with Crippen LogP contribution >= 0.6 is 0 Å². The molecule has 0 saturated heterocycles. The van der Waals surface area contributed by atoms with Crippen molar-refractivity contribution in [2.45, 2.75) is 6.42 Å². The molecular formula is C25H18N2. The Kier molecular flexibility index (Phi) is 3.87. The monoisotopic (exact) mass is 346 g/mol. The molecule has 0 unspecified atom stereocenters. The lowest BCUT2D eigenvalue weighted by Crippen LogP contribution is -1.83. The minimum Gasteiger partial charge on any atom is -0.254 e. The molecule has 2 heterocycles. The minimum atomic E-state index is 0.977. The normalized spacial score (nSPS) is 11.6. The Labute approximate surface area is 158 Å². The SMILES string of the molecule is c1ccc2c(c1)Cc1ccccc1-2.c1cnc2c(c1)ccc1cccnc12. The van der Waals surface area contributed by atoms with Crippen LogP contribution in [0.25, 0.3) is 32.9 Å². The van der Waals surface area contributed by atoms with Gasteiger partial charge in [-0.1, -0.05) is 72.8 Å². The van der Waals surface area contributed by atoms with E-state index >= 15 is 0 Å². The van der Waals surface area contributed by atoms with Gasteiger partial charge in [-0.3, -0.25) is 9.97 Å². The van der Waals surface area contributed by atoms with E-state index in [9.17, 15) is 0 Å². The summed E-state index contributed by atoms with van der Waals surface area (Å²) < 4.78 is 0. The van der Waals surface area contributed by atoms with E-state index in [1.165, 1.54) is 22.3 Å². The number of fused-ring (bicyclic) bond motifs is 6. The average molecular weight is 346 g/mol. The third kappa shape index (κ3) is 2.85. The van der Waals surface area contributed by atoms with Crippen LogP contribution in [0, 0.1) is 0 Å². The molecule has 0 fully saturated rings. The maximum atomic E-state index is 4.35. The molecule has 1 aliphatic rings. The second-order valence-corrected chi connectivity index (χ2v) is 6.71. The Balaban J connectivity index is 0.000000119. The molecule has 0 bridgehead atoms. The van der Waals surface area contributed by atoms with Gasteiger partial charge in [0.15, 0.2) is 0 Å². The molecule has 3 aromatic carbocycles. The highest BCUT2D eigenvalue weighted by Gasteiger charge is 2.15. The van der Waals surface area contributed by atoms with Gasteiger partial charge in [0.2, 0.25) is 0 Å². The Hall–Kier alpha value is -3.52. The molecule has 2 aromatic heterocycles. The molecule has 0 radical (unpaired) electrons. The van der Waals surface area contributed by atoms with Gasteiger partial charge in [0.25, 0.3) is 0 Å². The zero-order valence-corrected chi connectivity index (χ0v) is 14.8. The van der Waals surface area contributed by atoms with Crippen molar-refractivity contribution in [3.05, 3.63) is 108 Å². The number of pyridine rings is 2. The van der Waals surface area contributed by atoms with Crippen LogP contribution in [0.3, 0.4) is 0 Å². The molecule has 0 aliphatic heterocycles. The van der Waals surface area contributed by atoms with Crippen molar-refractivity contribution in [2.24, 2.45) is 0 Å². The Bertz CT molecular complexity index is 1160. The van der Waals surface area contributed by atoms with Crippen LogP contribution in [0.4, 0.5) is 0 Å². The van der Waals surface area contributed by atoms with E-state index in [4.69, 9.17) is 0 Å². The first-order valence-corrected chi connectivity index (χ1v) is 9.15. The van der Waals surface area contributed by atoms with Crippen LogP contribution in [0.1, 0.15) is 11.1 Å². The summed E-state index contributed by atoms with van der Waals surface area (Å²) in [5, 5.41) is 2.28. The predicted octanol–water partition coefficient (Wildman–Crippen LogP) is 6.04. The van der Waals surface area contributed by atoms with Gasteiger partial charge < -0.3 is 0 Å². The zero-order valence-electron chi connectivity index (χ0n) is 14.8. The minimum absolute atomic E-state index is 0.977. The summed E-state index contributed by atoms with van der Waals surface area (Å²) in [5.74, 6) is 0. The fourth-order valence-electron chi connectivity index (χ4n) is 3.76. The van der Waals surface area contributed by atoms with Gasteiger partial charge in [-0.15, -0.1) is 0 Å². The number of nitrogens with zero attached hydrogens (tertiary/aromatic N) is 2. The van der Waals surface area contributed by atoms with Crippen molar-refractivity contribution < 1.29 is 0 Å². The van der Waals surface area contributed by atoms with Gasteiger partial charge in [-0.05, 0) is 40.8 Å². The van der Waals surface area contributed by atoms with E-state index in [1.807, 2.05) is 12.1 Å². The van der Waals surface area contributed by atoms with E-state index in [-0.39, 0.29) is 0 Å². The highest BCUT2D eigenvalue weighted by Crippen LogP contribution is 2.35. The lowest BCUT2D eigenvalue weighted by atomic mass is 10.1. The maximum Gasteiger partial charge on any atom is 0.0964 e. The second kappa shape index (κ2) is 6.65.